The smallest absolute Gasteiger partial charge is 0.172 e. The number of aryl methyl sites for hydroxylation is 1. The largest absolute Gasteiger partial charge is 0.373 e. The molecular weight excluding hydrogens is 482 g/mol. The molecule has 0 spiro atoms. The highest BCUT2D eigenvalue weighted by molar-refractivity contribution is 5.18. The van der Waals surface area contributed by atoms with E-state index in [2.05, 4.69) is 120 Å². The van der Waals surface area contributed by atoms with Crippen LogP contribution in [0.1, 0.15) is 35.1 Å². The van der Waals surface area contributed by atoms with Crippen LogP contribution in [0.25, 0.3) is 0 Å². The third-order valence-electron chi connectivity index (χ3n) is 7.14. The van der Waals surface area contributed by atoms with Crippen LogP contribution in [-0.4, -0.2) is 37.6 Å². The summed E-state index contributed by atoms with van der Waals surface area (Å²) in [6.07, 6.45) is 2.29. The summed E-state index contributed by atoms with van der Waals surface area (Å²) in [5.74, 6) is 0. The summed E-state index contributed by atoms with van der Waals surface area (Å²) in [5, 5.41) is 0. The van der Waals surface area contributed by atoms with Crippen molar-refractivity contribution < 1.29 is 14.2 Å². The maximum atomic E-state index is 6.63. The molecule has 4 aromatic rings. The topological polar surface area (TPSA) is 30.9 Å². The molecule has 0 N–H and O–H groups in total. The number of hydrogen-bond acceptors (Lipinski definition) is 4. The number of rotatable bonds is 16. The molecule has 4 nitrogen and oxygen atoms in total. The van der Waals surface area contributed by atoms with Crippen LogP contribution in [0.15, 0.2) is 121 Å². The molecule has 4 rings (SSSR count). The lowest BCUT2D eigenvalue weighted by atomic mass is 9.98. The second-order valence-corrected chi connectivity index (χ2v) is 9.96. The van der Waals surface area contributed by atoms with Gasteiger partial charge in [-0.2, -0.15) is 0 Å². The van der Waals surface area contributed by atoms with Crippen molar-refractivity contribution in [2.75, 3.05) is 14.2 Å². The summed E-state index contributed by atoms with van der Waals surface area (Å²) in [6, 6.07) is 42.3. The van der Waals surface area contributed by atoms with Crippen LogP contribution in [0.5, 0.6) is 0 Å². The molecule has 4 aromatic carbocycles. The van der Waals surface area contributed by atoms with Gasteiger partial charge in [0.25, 0.3) is 0 Å². The predicted octanol–water partition coefficient (Wildman–Crippen LogP) is 7.28. The van der Waals surface area contributed by atoms with Crippen LogP contribution >= 0.6 is 0 Å². The normalized spacial score (nSPS) is 13.0. The summed E-state index contributed by atoms with van der Waals surface area (Å²) in [4.78, 5) is 2.48. The maximum absolute atomic E-state index is 6.63. The molecule has 0 aliphatic carbocycles. The quantitative estimate of drug-likeness (QED) is 0.144. The summed E-state index contributed by atoms with van der Waals surface area (Å²) >= 11 is 0. The fraction of sp³-hybridized carbons (Fsp3) is 0.314. The van der Waals surface area contributed by atoms with Crippen LogP contribution in [0.4, 0.5) is 0 Å². The van der Waals surface area contributed by atoms with E-state index in [0.717, 1.165) is 32.4 Å². The summed E-state index contributed by atoms with van der Waals surface area (Å²) in [5.41, 5.74) is 5.02. The molecule has 0 saturated heterocycles. The highest BCUT2D eigenvalue weighted by atomic mass is 16.7. The molecule has 0 aromatic heterocycles. The maximum Gasteiger partial charge on any atom is 0.172 e. The first-order valence-electron chi connectivity index (χ1n) is 13.8. The van der Waals surface area contributed by atoms with Gasteiger partial charge in [-0.1, -0.05) is 121 Å². The van der Waals surface area contributed by atoms with Crippen molar-refractivity contribution in [1.82, 2.24) is 4.90 Å². The molecule has 4 heteroatoms. The van der Waals surface area contributed by atoms with Gasteiger partial charge in [-0.3, -0.25) is 4.90 Å². The van der Waals surface area contributed by atoms with Gasteiger partial charge in [-0.15, -0.1) is 0 Å². The van der Waals surface area contributed by atoms with Gasteiger partial charge in [-0.05, 0) is 41.5 Å². The van der Waals surface area contributed by atoms with E-state index in [0.29, 0.717) is 6.61 Å². The van der Waals surface area contributed by atoms with E-state index < -0.39 is 6.29 Å². The Bertz CT molecular complexity index is 1080. The Hall–Kier alpha value is -3.28. The number of methoxy groups -OCH3 is 2. The van der Waals surface area contributed by atoms with Gasteiger partial charge >= 0.3 is 0 Å². The van der Waals surface area contributed by atoms with Crippen LogP contribution in [0.2, 0.25) is 0 Å². The van der Waals surface area contributed by atoms with Crippen molar-refractivity contribution in [1.29, 1.82) is 0 Å². The Morgan fingerprint density at radius 3 is 1.46 bits per heavy atom. The SMILES string of the molecule is COC(OC)C(CC(CCc1ccccc1)OCc1ccccc1)N(Cc1ccccc1)Cc1ccccc1. The number of nitrogens with zero attached hydrogens (tertiary/aromatic N) is 1. The van der Waals surface area contributed by atoms with Crippen molar-refractivity contribution >= 4 is 0 Å². The Labute approximate surface area is 234 Å². The van der Waals surface area contributed by atoms with Crippen molar-refractivity contribution in [2.45, 2.75) is 57.4 Å². The van der Waals surface area contributed by atoms with Crippen molar-refractivity contribution in [2.24, 2.45) is 0 Å². The molecule has 0 aliphatic heterocycles. The number of benzene rings is 4. The number of hydrogen-bond donors (Lipinski definition) is 0. The highest BCUT2D eigenvalue weighted by Crippen LogP contribution is 2.25. The molecule has 0 fully saturated rings. The minimum Gasteiger partial charge on any atom is -0.373 e. The summed E-state index contributed by atoms with van der Waals surface area (Å²) in [7, 11) is 3.46. The number of ether oxygens (including phenoxy) is 3. The molecule has 0 saturated carbocycles. The van der Waals surface area contributed by atoms with Crippen LogP contribution in [0.3, 0.4) is 0 Å². The molecule has 0 amide bonds. The van der Waals surface area contributed by atoms with Crippen LogP contribution < -0.4 is 0 Å². The molecule has 0 heterocycles. The zero-order valence-corrected chi connectivity index (χ0v) is 23.2. The van der Waals surface area contributed by atoms with Gasteiger partial charge in [0.2, 0.25) is 0 Å². The average molecular weight is 524 g/mol. The van der Waals surface area contributed by atoms with Crippen molar-refractivity contribution in [3.8, 4) is 0 Å². The zero-order chi connectivity index (χ0) is 27.1. The summed E-state index contributed by atoms with van der Waals surface area (Å²) in [6.45, 7) is 2.15. The van der Waals surface area contributed by atoms with Gasteiger partial charge < -0.3 is 14.2 Å². The van der Waals surface area contributed by atoms with E-state index in [9.17, 15) is 0 Å². The second-order valence-electron chi connectivity index (χ2n) is 9.96. The monoisotopic (exact) mass is 523 g/mol. The lowest BCUT2D eigenvalue weighted by Gasteiger charge is -2.38. The fourth-order valence-electron chi connectivity index (χ4n) is 5.07. The van der Waals surface area contributed by atoms with Gasteiger partial charge in [0.1, 0.15) is 0 Å². The third-order valence-corrected chi connectivity index (χ3v) is 7.14. The minimum absolute atomic E-state index is 0.0167. The molecule has 204 valence electrons. The van der Waals surface area contributed by atoms with Gasteiger partial charge in [0.05, 0.1) is 18.8 Å². The second kappa shape index (κ2) is 16.0. The Balaban J connectivity index is 1.59. The average Bonchev–Trinajstić information content (AvgIpc) is 3.00. The van der Waals surface area contributed by atoms with Crippen LogP contribution in [-0.2, 0) is 40.3 Å². The van der Waals surface area contributed by atoms with E-state index in [4.69, 9.17) is 14.2 Å². The molecule has 2 atom stereocenters. The molecule has 2 unspecified atom stereocenters. The van der Waals surface area contributed by atoms with Gasteiger partial charge in [0, 0.05) is 27.3 Å². The molecular formula is C35H41NO3. The predicted molar refractivity (Wildman–Crippen MR) is 158 cm³/mol. The molecule has 39 heavy (non-hydrogen) atoms. The summed E-state index contributed by atoms with van der Waals surface area (Å²) < 4.78 is 18.5. The highest BCUT2D eigenvalue weighted by Gasteiger charge is 2.31. The van der Waals surface area contributed by atoms with E-state index in [1.54, 1.807) is 14.2 Å². The Morgan fingerprint density at radius 1 is 0.564 bits per heavy atom. The molecule has 0 aliphatic rings. The Morgan fingerprint density at radius 2 is 1.00 bits per heavy atom. The van der Waals surface area contributed by atoms with Crippen molar-refractivity contribution in [3.63, 3.8) is 0 Å². The van der Waals surface area contributed by atoms with E-state index in [-0.39, 0.29) is 12.1 Å². The lowest BCUT2D eigenvalue weighted by molar-refractivity contribution is -0.160. The first-order valence-corrected chi connectivity index (χ1v) is 13.8. The fourth-order valence-corrected chi connectivity index (χ4v) is 5.07. The minimum atomic E-state index is -0.392. The third kappa shape index (κ3) is 9.45. The van der Waals surface area contributed by atoms with Gasteiger partial charge in [-0.25, -0.2) is 0 Å². The van der Waals surface area contributed by atoms with Crippen molar-refractivity contribution in [3.05, 3.63) is 144 Å². The standard InChI is InChI=1S/C35H41NO3/c1-37-35(38-2)34(36(26-30-17-9-4-10-18-30)27-31-19-11-5-12-20-31)25-33(24-23-29-15-7-3-8-16-29)39-28-32-21-13-6-14-22-32/h3-22,33-35H,23-28H2,1-2H3. The van der Waals surface area contributed by atoms with E-state index in [1.165, 1.54) is 22.3 Å². The first kappa shape index (κ1) is 28.7. The zero-order valence-electron chi connectivity index (χ0n) is 23.2. The molecule has 0 bridgehead atoms. The Kier molecular flexibility index (Phi) is 11.8. The molecule has 0 radical (unpaired) electrons. The van der Waals surface area contributed by atoms with E-state index >= 15 is 0 Å². The van der Waals surface area contributed by atoms with E-state index in [1.807, 2.05) is 6.07 Å². The van der Waals surface area contributed by atoms with Gasteiger partial charge in [0.15, 0.2) is 6.29 Å². The first-order chi connectivity index (χ1) is 19.2. The van der Waals surface area contributed by atoms with Crippen LogP contribution in [0, 0.1) is 0 Å². The lowest BCUT2D eigenvalue weighted by Crippen LogP contribution is -2.47.